The van der Waals surface area contributed by atoms with Gasteiger partial charge in [0.15, 0.2) is 5.78 Å². The minimum absolute atomic E-state index is 0.0295. The van der Waals surface area contributed by atoms with E-state index < -0.39 is 0 Å². The lowest BCUT2D eigenvalue weighted by Crippen LogP contribution is -2.36. The highest BCUT2D eigenvalue weighted by atomic mass is 16.2. The molecule has 0 atom stereocenters. The Morgan fingerprint density at radius 1 is 1.11 bits per heavy atom. The maximum Gasteiger partial charge on any atom is 0.223 e. The summed E-state index contributed by atoms with van der Waals surface area (Å²) in [5, 5.41) is 2.78. The monoisotopic (exact) mass is 259 g/mol. The third-order valence-electron chi connectivity index (χ3n) is 3.91. The number of rotatable bonds is 4. The second-order valence-corrected chi connectivity index (χ2v) is 5.46. The molecule has 102 valence electrons. The lowest BCUT2D eigenvalue weighted by atomic mass is 9.82. The molecule has 3 heteroatoms. The van der Waals surface area contributed by atoms with Crippen LogP contribution in [0.15, 0.2) is 30.3 Å². The predicted octanol–water partition coefficient (Wildman–Crippen LogP) is 2.81. The topological polar surface area (TPSA) is 46.2 Å². The van der Waals surface area contributed by atoms with Gasteiger partial charge in [0.2, 0.25) is 5.91 Å². The van der Waals surface area contributed by atoms with Crippen LogP contribution in [0.3, 0.4) is 0 Å². The number of carbonyl (C=O) groups is 2. The molecule has 0 radical (unpaired) electrons. The number of benzene rings is 1. The molecule has 1 fully saturated rings. The molecule has 0 spiro atoms. The van der Waals surface area contributed by atoms with Gasteiger partial charge in [-0.05, 0) is 31.6 Å². The molecule has 1 aliphatic carbocycles. The number of ketones is 1. The zero-order valence-electron chi connectivity index (χ0n) is 11.4. The molecule has 0 aliphatic heterocycles. The first kappa shape index (κ1) is 13.8. The van der Waals surface area contributed by atoms with Gasteiger partial charge in [-0.15, -0.1) is 0 Å². The van der Waals surface area contributed by atoms with Crippen LogP contribution in [0.5, 0.6) is 0 Å². The lowest BCUT2D eigenvalue weighted by molar-refractivity contribution is -0.126. The van der Waals surface area contributed by atoms with Crippen LogP contribution in [-0.2, 0) is 4.79 Å². The van der Waals surface area contributed by atoms with Crippen molar-refractivity contribution in [1.29, 1.82) is 0 Å². The van der Waals surface area contributed by atoms with E-state index in [2.05, 4.69) is 12.2 Å². The lowest BCUT2D eigenvalue weighted by Gasteiger charge is -2.25. The molecule has 19 heavy (non-hydrogen) atoms. The molecule has 1 N–H and O–H groups in total. The predicted molar refractivity (Wildman–Crippen MR) is 74.9 cm³/mol. The first-order valence-corrected chi connectivity index (χ1v) is 7.03. The Labute approximate surface area is 114 Å². The Balaban J connectivity index is 1.79. The van der Waals surface area contributed by atoms with E-state index in [0.29, 0.717) is 5.56 Å². The van der Waals surface area contributed by atoms with Crippen molar-refractivity contribution < 1.29 is 9.59 Å². The Kier molecular flexibility index (Phi) is 4.72. The number of carbonyl (C=O) groups excluding carboxylic acids is 2. The van der Waals surface area contributed by atoms with Crippen molar-refractivity contribution in [3.63, 3.8) is 0 Å². The average molecular weight is 259 g/mol. The molecule has 1 saturated carbocycles. The van der Waals surface area contributed by atoms with Crippen LogP contribution in [0.1, 0.15) is 43.0 Å². The van der Waals surface area contributed by atoms with E-state index in [9.17, 15) is 9.59 Å². The van der Waals surface area contributed by atoms with Gasteiger partial charge in [0.25, 0.3) is 0 Å². The highest BCUT2D eigenvalue weighted by Crippen LogP contribution is 2.28. The van der Waals surface area contributed by atoms with Gasteiger partial charge in [-0.2, -0.15) is 0 Å². The summed E-state index contributed by atoms with van der Waals surface area (Å²) < 4.78 is 0. The fraction of sp³-hybridized carbons (Fsp3) is 0.500. The Bertz CT molecular complexity index is 433. The van der Waals surface area contributed by atoms with Crippen molar-refractivity contribution >= 4 is 11.7 Å². The van der Waals surface area contributed by atoms with Crippen LogP contribution in [0.4, 0.5) is 0 Å². The highest BCUT2D eigenvalue weighted by molar-refractivity contribution is 5.99. The van der Waals surface area contributed by atoms with Gasteiger partial charge in [0.05, 0.1) is 6.54 Å². The van der Waals surface area contributed by atoms with Gasteiger partial charge >= 0.3 is 0 Å². The molecule has 2 rings (SSSR count). The fourth-order valence-electron chi connectivity index (χ4n) is 2.56. The zero-order valence-corrected chi connectivity index (χ0v) is 11.4. The van der Waals surface area contributed by atoms with Gasteiger partial charge < -0.3 is 5.32 Å². The first-order valence-electron chi connectivity index (χ1n) is 7.03. The van der Waals surface area contributed by atoms with E-state index in [4.69, 9.17) is 0 Å². The summed E-state index contributed by atoms with van der Waals surface area (Å²) in [5.41, 5.74) is 0.653. The van der Waals surface area contributed by atoms with E-state index in [0.717, 1.165) is 31.6 Å². The minimum atomic E-state index is -0.0295. The van der Waals surface area contributed by atoms with Crippen molar-refractivity contribution in [3.8, 4) is 0 Å². The number of nitrogens with one attached hydrogen (secondary N) is 1. The maximum absolute atomic E-state index is 12.0. The molecule has 0 heterocycles. The van der Waals surface area contributed by atoms with Crippen molar-refractivity contribution in [2.24, 2.45) is 11.8 Å². The van der Waals surface area contributed by atoms with Crippen LogP contribution in [0, 0.1) is 11.8 Å². The van der Waals surface area contributed by atoms with E-state index in [1.807, 2.05) is 18.2 Å². The van der Waals surface area contributed by atoms with Crippen molar-refractivity contribution in [1.82, 2.24) is 5.32 Å². The van der Waals surface area contributed by atoms with Gasteiger partial charge in [0.1, 0.15) is 0 Å². The molecule has 1 aliphatic rings. The summed E-state index contributed by atoms with van der Waals surface area (Å²) in [6.07, 6.45) is 4.13. The van der Waals surface area contributed by atoms with Gasteiger partial charge in [-0.25, -0.2) is 0 Å². The summed E-state index contributed by atoms with van der Waals surface area (Å²) in [6.45, 7) is 2.34. The summed E-state index contributed by atoms with van der Waals surface area (Å²) >= 11 is 0. The van der Waals surface area contributed by atoms with Crippen LogP contribution >= 0.6 is 0 Å². The molecular weight excluding hydrogens is 238 g/mol. The minimum Gasteiger partial charge on any atom is -0.348 e. The normalized spacial score (nSPS) is 22.8. The Morgan fingerprint density at radius 2 is 1.74 bits per heavy atom. The van der Waals surface area contributed by atoms with Gasteiger partial charge in [0, 0.05) is 11.5 Å². The van der Waals surface area contributed by atoms with Gasteiger partial charge in [-0.1, -0.05) is 37.3 Å². The van der Waals surface area contributed by atoms with Crippen LogP contribution in [0.2, 0.25) is 0 Å². The summed E-state index contributed by atoms with van der Waals surface area (Å²) in [4.78, 5) is 23.8. The smallest absolute Gasteiger partial charge is 0.223 e. The second kappa shape index (κ2) is 6.50. The highest BCUT2D eigenvalue weighted by Gasteiger charge is 2.24. The van der Waals surface area contributed by atoms with Crippen LogP contribution < -0.4 is 5.32 Å². The number of Topliss-reactive ketones (excluding diaryl/α,β-unsaturated/α-hetero) is 1. The SMILES string of the molecule is CC1CCC(C(=O)NCC(=O)c2ccccc2)CC1. The van der Waals surface area contributed by atoms with Crippen LogP contribution in [0.25, 0.3) is 0 Å². The molecule has 1 aromatic carbocycles. The summed E-state index contributed by atoms with van der Waals surface area (Å²) in [6, 6.07) is 9.08. The Hall–Kier alpha value is -1.64. The zero-order chi connectivity index (χ0) is 13.7. The number of hydrogen-bond donors (Lipinski definition) is 1. The van der Waals surface area contributed by atoms with E-state index in [1.54, 1.807) is 12.1 Å². The quantitative estimate of drug-likeness (QED) is 0.845. The standard InChI is InChI=1S/C16H21NO2/c1-12-7-9-14(10-8-12)16(19)17-11-15(18)13-5-3-2-4-6-13/h2-6,12,14H,7-11H2,1H3,(H,17,19). The average Bonchev–Trinajstić information content (AvgIpc) is 2.46. The number of hydrogen-bond acceptors (Lipinski definition) is 2. The molecule has 0 unspecified atom stereocenters. The fourth-order valence-corrected chi connectivity index (χ4v) is 2.56. The third kappa shape index (κ3) is 3.91. The molecule has 0 bridgehead atoms. The molecule has 1 aromatic rings. The molecular formula is C16H21NO2. The maximum atomic E-state index is 12.0. The van der Waals surface area contributed by atoms with E-state index in [-0.39, 0.29) is 24.2 Å². The van der Waals surface area contributed by atoms with Crippen molar-refractivity contribution in [2.45, 2.75) is 32.6 Å². The Morgan fingerprint density at radius 3 is 2.37 bits per heavy atom. The van der Waals surface area contributed by atoms with Crippen molar-refractivity contribution in [2.75, 3.05) is 6.54 Å². The second-order valence-electron chi connectivity index (χ2n) is 5.46. The summed E-state index contributed by atoms with van der Waals surface area (Å²) in [7, 11) is 0. The first-order chi connectivity index (χ1) is 9.16. The van der Waals surface area contributed by atoms with Gasteiger partial charge in [-0.3, -0.25) is 9.59 Å². The van der Waals surface area contributed by atoms with E-state index >= 15 is 0 Å². The van der Waals surface area contributed by atoms with Crippen molar-refractivity contribution in [3.05, 3.63) is 35.9 Å². The largest absolute Gasteiger partial charge is 0.348 e. The molecule has 3 nitrogen and oxygen atoms in total. The molecule has 1 amide bonds. The third-order valence-corrected chi connectivity index (χ3v) is 3.91. The van der Waals surface area contributed by atoms with E-state index in [1.165, 1.54) is 0 Å². The van der Waals surface area contributed by atoms with Crippen LogP contribution in [-0.4, -0.2) is 18.2 Å². The molecule has 0 saturated heterocycles. The molecule has 0 aromatic heterocycles. The number of amides is 1. The summed E-state index contributed by atoms with van der Waals surface area (Å²) in [5.74, 6) is 0.837.